The Labute approximate surface area is 137 Å². The quantitative estimate of drug-likeness (QED) is 0.905. The lowest BCUT2D eigenvalue weighted by Gasteiger charge is -2.33. The summed E-state index contributed by atoms with van der Waals surface area (Å²) in [4.78, 5) is 18.8. The summed E-state index contributed by atoms with van der Waals surface area (Å²) in [6, 6.07) is 5.83. The first-order chi connectivity index (χ1) is 10.6. The first-order valence-electron chi connectivity index (χ1n) is 7.29. The molecule has 0 aliphatic carbocycles. The molecule has 1 fully saturated rings. The molecule has 0 saturated carbocycles. The number of pyridine rings is 1. The van der Waals surface area contributed by atoms with Gasteiger partial charge in [0.1, 0.15) is 11.5 Å². The lowest BCUT2D eigenvalue weighted by molar-refractivity contribution is 0.0925. The Kier molecular flexibility index (Phi) is 4.42. The molecular weight excluding hydrogens is 346 g/mol. The summed E-state index contributed by atoms with van der Waals surface area (Å²) < 4.78 is 2.64. The fraction of sp³-hybridized carbons (Fsp3) is 0.400. The number of aryl methyl sites for hydroxylation is 1. The molecule has 0 bridgehead atoms. The summed E-state index contributed by atoms with van der Waals surface area (Å²) in [7, 11) is 1.81. The monoisotopic (exact) mass is 363 g/mol. The third-order valence-corrected chi connectivity index (χ3v) is 4.43. The van der Waals surface area contributed by atoms with E-state index in [0.717, 1.165) is 36.2 Å². The van der Waals surface area contributed by atoms with Gasteiger partial charge in [-0.25, -0.2) is 4.98 Å². The number of carbonyl (C=O) groups is 1. The van der Waals surface area contributed by atoms with E-state index >= 15 is 0 Å². The molecule has 3 rings (SSSR count). The lowest BCUT2D eigenvalue weighted by Crippen LogP contribution is -2.45. The number of nitrogens with one attached hydrogen (secondary N) is 1. The summed E-state index contributed by atoms with van der Waals surface area (Å²) in [6.45, 7) is 1.76. The maximum absolute atomic E-state index is 12.1. The molecule has 0 aromatic carbocycles. The van der Waals surface area contributed by atoms with E-state index in [1.54, 1.807) is 30.2 Å². The van der Waals surface area contributed by atoms with Crippen LogP contribution in [0, 0.1) is 0 Å². The van der Waals surface area contributed by atoms with Gasteiger partial charge in [0.25, 0.3) is 5.91 Å². The Balaban J connectivity index is 1.56. The summed E-state index contributed by atoms with van der Waals surface area (Å²) in [5, 5.41) is 7.19. The van der Waals surface area contributed by atoms with Crippen LogP contribution < -0.4 is 10.2 Å². The van der Waals surface area contributed by atoms with Crippen LogP contribution in [0.4, 0.5) is 5.82 Å². The molecule has 1 aliphatic rings. The van der Waals surface area contributed by atoms with Gasteiger partial charge in [-0.15, -0.1) is 0 Å². The molecule has 0 unspecified atom stereocenters. The van der Waals surface area contributed by atoms with Gasteiger partial charge >= 0.3 is 0 Å². The van der Waals surface area contributed by atoms with Crippen molar-refractivity contribution in [3.63, 3.8) is 0 Å². The average molecular weight is 364 g/mol. The van der Waals surface area contributed by atoms with Gasteiger partial charge in [0.05, 0.1) is 4.47 Å². The highest BCUT2D eigenvalue weighted by molar-refractivity contribution is 9.10. The van der Waals surface area contributed by atoms with Crippen LogP contribution in [0.15, 0.2) is 35.1 Å². The number of aromatic nitrogens is 3. The minimum absolute atomic E-state index is 0.0990. The highest BCUT2D eigenvalue weighted by Gasteiger charge is 2.23. The molecule has 1 saturated heterocycles. The van der Waals surface area contributed by atoms with E-state index in [1.807, 2.05) is 12.1 Å². The normalized spacial score (nSPS) is 15.8. The molecule has 22 heavy (non-hydrogen) atoms. The standard InChI is InChI=1S/C15H18BrN5O/c1-20-8-6-13(19-20)15(22)18-11-4-9-21(10-5-11)14-12(16)3-2-7-17-14/h2-3,6-8,11H,4-5,9-10H2,1H3,(H,18,22). The molecule has 1 aliphatic heterocycles. The van der Waals surface area contributed by atoms with Crippen molar-refractivity contribution in [2.45, 2.75) is 18.9 Å². The Bertz CT molecular complexity index is 663. The van der Waals surface area contributed by atoms with Crippen molar-refractivity contribution < 1.29 is 4.79 Å². The van der Waals surface area contributed by atoms with Crippen LogP contribution in [-0.4, -0.2) is 39.8 Å². The Morgan fingerprint density at radius 2 is 2.14 bits per heavy atom. The van der Waals surface area contributed by atoms with Crippen LogP contribution in [0.25, 0.3) is 0 Å². The highest BCUT2D eigenvalue weighted by Crippen LogP contribution is 2.25. The second-order valence-corrected chi connectivity index (χ2v) is 6.27. The predicted molar refractivity (Wildman–Crippen MR) is 87.8 cm³/mol. The second-order valence-electron chi connectivity index (χ2n) is 5.42. The fourth-order valence-electron chi connectivity index (χ4n) is 2.64. The van der Waals surface area contributed by atoms with Crippen LogP contribution in [0.5, 0.6) is 0 Å². The van der Waals surface area contributed by atoms with Gasteiger partial charge < -0.3 is 10.2 Å². The molecule has 0 atom stereocenters. The Hall–Kier alpha value is -1.89. The largest absolute Gasteiger partial charge is 0.356 e. The molecule has 3 heterocycles. The molecule has 2 aromatic rings. The number of amides is 1. The van der Waals surface area contributed by atoms with E-state index in [0.29, 0.717) is 5.69 Å². The maximum atomic E-state index is 12.1. The fourth-order valence-corrected chi connectivity index (χ4v) is 3.15. The summed E-state index contributed by atoms with van der Waals surface area (Å²) in [6.07, 6.45) is 5.38. The first-order valence-corrected chi connectivity index (χ1v) is 8.09. The molecule has 2 aromatic heterocycles. The topological polar surface area (TPSA) is 63.1 Å². The Morgan fingerprint density at radius 3 is 2.77 bits per heavy atom. The van der Waals surface area contributed by atoms with Crippen molar-refractivity contribution in [2.24, 2.45) is 7.05 Å². The molecular formula is C15H18BrN5O. The highest BCUT2D eigenvalue weighted by atomic mass is 79.9. The molecule has 0 radical (unpaired) electrons. The zero-order valence-electron chi connectivity index (χ0n) is 12.4. The SMILES string of the molecule is Cn1ccc(C(=O)NC2CCN(c3ncccc3Br)CC2)n1. The zero-order valence-corrected chi connectivity index (χ0v) is 14.0. The van der Waals surface area contributed by atoms with E-state index in [1.165, 1.54) is 0 Å². The van der Waals surface area contributed by atoms with E-state index < -0.39 is 0 Å². The van der Waals surface area contributed by atoms with Crippen LogP contribution in [-0.2, 0) is 7.05 Å². The van der Waals surface area contributed by atoms with E-state index in [-0.39, 0.29) is 11.9 Å². The predicted octanol–water partition coefficient (Wildman–Crippen LogP) is 1.98. The molecule has 1 amide bonds. The average Bonchev–Trinajstić information content (AvgIpc) is 2.95. The van der Waals surface area contributed by atoms with Gasteiger partial charge in [-0.2, -0.15) is 5.10 Å². The molecule has 0 spiro atoms. The van der Waals surface area contributed by atoms with Crippen molar-refractivity contribution >= 4 is 27.7 Å². The van der Waals surface area contributed by atoms with E-state index in [2.05, 4.69) is 36.2 Å². The number of carbonyl (C=O) groups excluding carboxylic acids is 1. The van der Waals surface area contributed by atoms with Crippen molar-refractivity contribution in [1.82, 2.24) is 20.1 Å². The molecule has 116 valence electrons. The van der Waals surface area contributed by atoms with Gasteiger partial charge in [0.2, 0.25) is 0 Å². The van der Waals surface area contributed by atoms with Crippen molar-refractivity contribution in [3.8, 4) is 0 Å². The Morgan fingerprint density at radius 1 is 1.36 bits per heavy atom. The number of rotatable bonds is 3. The number of nitrogens with zero attached hydrogens (tertiary/aromatic N) is 4. The van der Waals surface area contributed by atoms with Gasteiger partial charge in [0, 0.05) is 38.6 Å². The van der Waals surface area contributed by atoms with Crippen LogP contribution >= 0.6 is 15.9 Å². The third kappa shape index (κ3) is 3.30. The number of halogens is 1. The summed E-state index contributed by atoms with van der Waals surface area (Å²) in [5.74, 6) is 0.870. The smallest absolute Gasteiger partial charge is 0.271 e. The van der Waals surface area contributed by atoms with Crippen molar-refractivity contribution in [3.05, 3.63) is 40.8 Å². The van der Waals surface area contributed by atoms with E-state index in [4.69, 9.17) is 0 Å². The number of anilines is 1. The van der Waals surface area contributed by atoms with Gasteiger partial charge in [0.15, 0.2) is 0 Å². The maximum Gasteiger partial charge on any atom is 0.271 e. The van der Waals surface area contributed by atoms with Gasteiger partial charge in [-0.1, -0.05) is 0 Å². The second kappa shape index (κ2) is 6.48. The minimum atomic E-state index is -0.0990. The summed E-state index contributed by atoms with van der Waals surface area (Å²) in [5.41, 5.74) is 0.470. The van der Waals surface area contributed by atoms with Gasteiger partial charge in [-0.3, -0.25) is 9.48 Å². The first kappa shape index (κ1) is 15.0. The van der Waals surface area contributed by atoms with Crippen LogP contribution in [0.3, 0.4) is 0 Å². The minimum Gasteiger partial charge on any atom is -0.356 e. The summed E-state index contributed by atoms with van der Waals surface area (Å²) >= 11 is 3.54. The van der Waals surface area contributed by atoms with Crippen molar-refractivity contribution in [2.75, 3.05) is 18.0 Å². The van der Waals surface area contributed by atoms with Crippen LogP contribution in [0.2, 0.25) is 0 Å². The van der Waals surface area contributed by atoms with Gasteiger partial charge in [-0.05, 0) is 47.0 Å². The molecule has 7 heteroatoms. The van der Waals surface area contributed by atoms with Crippen molar-refractivity contribution in [1.29, 1.82) is 0 Å². The zero-order chi connectivity index (χ0) is 15.5. The number of piperidine rings is 1. The third-order valence-electron chi connectivity index (χ3n) is 3.82. The molecule has 6 nitrogen and oxygen atoms in total. The van der Waals surface area contributed by atoms with Crippen LogP contribution in [0.1, 0.15) is 23.3 Å². The van der Waals surface area contributed by atoms with E-state index in [9.17, 15) is 4.79 Å². The lowest BCUT2D eigenvalue weighted by atomic mass is 10.0. The number of hydrogen-bond acceptors (Lipinski definition) is 4. The molecule has 1 N–H and O–H groups in total. The number of hydrogen-bond donors (Lipinski definition) is 1.